The predicted molar refractivity (Wildman–Crippen MR) is 98.3 cm³/mol. The van der Waals surface area contributed by atoms with E-state index in [1.54, 1.807) is 7.05 Å². The zero-order valence-corrected chi connectivity index (χ0v) is 15.5. The smallest absolute Gasteiger partial charge is 0.216 e. The first-order valence-corrected chi connectivity index (χ1v) is 10.1. The Balaban J connectivity index is 1.82. The Kier molecular flexibility index (Phi) is 6.62. The summed E-state index contributed by atoms with van der Waals surface area (Å²) in [4.78, 5) is 4.20. The Hall–Kier alpha value is -1.60. The van der Waals surface area contributed by atoms with Crippen LogP contribution in [0.2, 0.25) is 0 Å². The van der Waals surface area contributed by atoms with Crippen molar-refractivity contribution in [3.8, 4) is 0 Å². The van der Waals surface area contributed by atoms with Gasteiger partial charge in [0.05, 0.1) is 5.75 Å². The molecule has 0 spiro atoms. The molecule has 0 saturated heterocycles. The minimum Gasteiger partial charge on any atom is -0.356 e. The standard InChI is InChI=1S/C17H28N4O2S/c1-13(2)21-24(22,23)12-16-8-6-15(7-9-16)11-20-17(18-3)19-10-14-4-5-14/h6-9,13-14,21H,4-5,10-12H2,1-3H3,(H2,18,19,20). The first kappa shape index (κ1) is 18.7. The van der Waals surface area contributed by atoms with Gasteiger partial charge in [0.15, 0.2) is 5.96 Å². The normalized spacial score (nSPS) is 15.6. The number of sulfonamides is 1. The number of rotatable bonds is 8. The summed E-state index contributed by atoms with van der Waals surface area (Å²) in [5.41, 5.74) is 1.87. The molecule has 0 unspecified atom stereocenters. The lowest BCUT2D eigenvalue weighted by Crippen LogP contribution is -2.37. The van der Waals surface area contributed by atoms with Crippen LogP contribution >= 0.6 is 0 Å². The van der Waals surface area contributed by atoms with E-state index < -0.39 is 10.0 Å². The molecule has 0 aromatic heterocycles. The highest BCUT2D eigenvalue weighted by molar-refractivity contribution is 7.88. The van der Waals surface area contributed by atoms with Crippen molar-refractivity contribution in [3.05, 3.63) is 35.4 Å². The summed E-state index contributed by atoms with van der Waals surface area (Å²) in [6, 6.07) is 7.52. The molecular weight excluding hydrogens is 324 g/mol. The highest BCUT2D eigenvalue weighted by Crippen LogP contribution is 2.27. The quantitative estimate of drug-likeness (QED) is 0.490. The number of nitrogens with one attached hydrogen (secondary N) is 3. The third-order valence-corrected chi connectivity index (χ3v) is 5.28. The molecule has 1 saturated carbocycles. The number of guanidine groups is 1. The minimum atomic E-state index is -3.28. The lowest BCUT2D eigenvalue weighted by Gasteiger charge is -2.12. The molecular formula is C17H28N4O2S. The van der Waals surface area contributed by atoms with Gasteiger partial charge in [0.1, 0.15) is 0 Å². The third-order valence-electron chi connectivity index (χ3n) is 3.73. The Morgan fingerprint density at radius 2 is 1.79 bits per heavy atom. The van der Waals surface area contributed by atoms with Crippen LogP contribution in [0, 0.1) is 5.92 Å². The van der Waals surface area contributed by atoms with Crippen molar-refractivity contribution in [3.63, 3.8) is 0 Å². The van der Waals surface area contributed by atoms with Crippen molar-refractivity contribution in [2.24, 2.45) is 10.9 Å². The van der Waals surface area contributed by atoms with E-state index in [1.165, 1.54) is 12.8 Å². The lowest BCUT2D eigenvalue weighted by molar-refractivity contribution is 0.569. The molecule has 2 rings (SSSR count). The van der Waals surface area contributed by atoms with Crippen LogP contribution in [0.15, 0.2) is 29.3 Å². The first-order chi connectivity index (χ1) is 11.4. The van der Waals surface area contributed by atoms with E-state index in [2.05, 4.69) is 20.3 Å². The van der Waals surface area contributed by atoms with Gasteiger partial charge in [-0.3, -0.25) is 4.99 Å². The molecule has 6 nitrogen and oxygen atoms in total. The Bertz CT molecular complexity index is 650. The number of benzene rings is 1. The van der Waals surface area contributed by atoms with Crippen LogP contribution in [0.4, 0.5) is 0 Å². The maximum Gasteiger partial charge on any atom is 0.216 e. The average molecular weight is 353 g/mol. The van der Waals surface area contributed by atoms with Crippen LogP contribution in [-0.4, -0.2) is 34.0 Å². The number of aliphatic imine (C=N–C) groups is 1. The number of nitrogens with zero attached hydrogens (tertiary/aromatic N) is 1. The van der Waals surface area contributed by atoms with E-state index in [0.717, 1.165) is 29.5 Å². The second-order valence-electron chi connectivity index (χ2n) is 6.60. The third kappa shape index (κ3) is 6.88. The summed E-state index contributed by atoms with van der Waals surface area (Å²) in [5, 5.41) is 6.58. The maximum absolute atomic E-state index is 11.9. The van der Waals surface area contributed by atoms with E-state index in [0.29, 0.717) is 6.54 Å². The highest BCUT2D eigenvalue weighted by atomic mass is 32.2. The minimum absolute atomic E-state index is 0.00347. The van der Waals surface area contributed by atoms with E-state index in [4.69, 9.17) is 0 Å². The molecule has 24 heavy (non-hydrogen) atoms. The van der Waals surface area contributed by atoms with Crippen LogP contribution in [0.5, 0.6) is 0 Å². The molecule has 0 heterocycles. The molecule has 0 atom stereocenters. The Labute approximate surface area is 145 Å². The van der Waals surface area contributed by atoms with Gasteiger partial charge in [0, 0.05) is 26.2 Å². The van der Waals surface area contributed by atoms with E-state index in [9.17, 15) is 8.42 Å². The van der Waals surface area contributed by atoms with Crippen molar-refractivity contribution in [2.75, 3.05) is 13.6 Å². The summed E-state index contributed by atoms with van der Waals surface area (Å²) in [7, 11) is -1.52. The zero-order chi connectivity index (χ0) is 17.6. The Morgan fingerprint density at radius 3 is 2.33 bits per heavy atom. The predicted octanol–water partition coefficient (Wildman–Crippen LogP) is 1.59. The molecule has 1 aliphatic carbocycles. The molecule has 7 heteroatoms. The summed E-state index contributed by atoms with van der Waals surface area (Å²) in [6.07, 6.45) is 2.61. The fourth-order valence-electron chi connectivity index (χ4n) is 2.34. The van der Waals surface area contributed by atoms with Gasteiger partial charge in [-0.25, -0.2) is 13.1 Å². The van der Waals surface area contributed by atoms with Crippen LogP contribution in [-0.2, 0) is 22.3 Å². The van der Waals surface area contributed by atoms with Gasteiger partial charge < -0.3 is 10.6 Å². The van der Waals surface area contributed by atoms with Gasteiger partial charge in [-0.15, -0.1) is 0 Å². The Morgan fingerprint density at radius 1 is 1.17 bits per heavy atom. The van der Waals surface area contributed by atoms with Crippen molar-refractivity contribution < 1.29 is 8.42 Å². The second kappa shape index (κ2) is 8.48. The molecule has 0 amide bonds. The monoisotopic (exact) mass is 352 g/mol. The molecule has 3 N–H and O–H groups in total. The van der Waals surface area contributed by atoms with Crippen LogP contribution in [0.1, 0.15) is 37.8 Å². The number of hydrogen-bond donors (Lipinski definition) is 3. The molecule has 134 valence electrons. The van der Waals surface area contributed by atoms with Gasteiger partial charge in [0.2, 0.25) is 10.0 Å². The molecule has 1 aromatic carbocycles. The van der Waals surface area contributed by atoms with Crippen molar-refractivity contribution >= 4 is 16.0 Å². The van der Waals surface area contributed by atoms with Crippen LogP contribution in [0.25, 0.3) is 0 Å². The van der Waals surface area contributed by atoms with Crippen LogP contribution in [0.3, 0.4) is 0 Å². The second-order valence-corrected chi connectivity index (χ2v) is 8.35. The molecule has 1 aliphatic rings. The summed E-state index contributed by atoms with van der Waals surface area (Å²) < 4.78 is 26.5. The van der Waals surface area contributed by atoms with Gasteiger partial charge in [-0.05, 0) is 43.7 Å². The van der Waals surface area contributed by atoms with Crippen molar-refractivity contribution in [2.45, 2.75) is 45.0 Å². The van der Waals surface area contributed by atoms with Gasteiger partial charge in [-0.1, -0.05) is 24.3 Å². The molecule has 0 radical (unpaired) electrons. The fraction of sp³-hybridized carbons (Fsp3) is 0.588. The topological polar surface area (TPSA) is 82.6 Å². The number of hydrogen-bond acceptors (Lipinski definition) is 3. The van der Waals surface area contributed by atoms with Crippen molar-refractivity contribution in [1.29, 1.82) is 0 Å². The maximum atomic E-state index is 11.9. The van der Waals surface area contributed by atoms with Crippen molar-refractivity contribution in [1.82, 2.24) is 15.4 Å². The largest absolute Gasteiger partial charge is 0.356 e. The molecule has 1 aromatic rings. The lowest BCUT2D eigenvalue weighted by atomic mass is 10.1. The molecule has 1 fully saturated rings. The highest BCUT2D eigenvalue weighted by Gasteiger charge is 2.21. The van der Waals surface area contributed by atoms with Gasteiger partial charge in [-0.2, -0.15) is 0 Å². The summed E-state index contributed by atoms with van der Waals surface area (Å²) in [6.45, 7) is 5.26. The van der Waals surface area contributed by atoms with E-state index in [-0.39, 0.29) is 11.8 Å². The first-order valence-electron chi connectivity index (χ1n) is 8.40. The molecule has 0 aliphatic heterocycles. The fourth-order valence-corrected chi connectivity index (χ4v) is 3.78. The SMILES string of the molecule is CN=C(NCc1ccc(CS(=O)(=O)NC(C)C)cc1)NCC1CC1. The van der Waals surface area contributed by atoms with E-state index >= 15 is 0 Å². The average Bonchev–Trinajstić information content (AvgIpc) is 3.31. The van der Waals surface area contributed by atoms with Gasteiger partial charge in [0.25, 0.3) is 0 Å². The van der Waals surface area contributed by atoms with Crippen LogP contribution < -0.4 is 15.4 Å². The zero-order valence-electron chi connectivity index (χ0n) is 14.7. The summed E-state index contributed by atoms with van der Waals surface area (Å²) in [5.74, 6) is 1.60. The van der Waals surface area contributed by atoms with Gasteiger partial charge >= 0.3 is 0 Å². The van der Waals surface area contributed by atoms with E-state index in [1.807, 2.05) is 38.1 Å². The molecule has 0 bridgehead atoms. The summed E-state index contributed by atoms with van der Waals surface area (Å²) >= 11 is 0.